The molecule has 0 amide bonds. The molecule has 0 radical (unpaired) electrons. The zero-order valence-corrected chi connectivity index (χ0v) is 22.8. The van der Waals surface area contributed by atoms with Crippen molar-refractivity contribution in [1.82, 2.24) is 14.6 Å². The third-order valence-electron chi connectivity index (χ3n) is 6.50. The van der Waals surface area contributed by atoms with E-state index in [2.05, 4.69) is 10.1 Å². The molecule has 0 aliphatic carbocycles. The molecule has 0 fully saturated rings. The Labute approximate surface area is 232 Å². The Morgan fingerprint density at radius 2 is 1.90 bits per heavy atom. The fourth-order valence-electron chi connectivity index (χ4n) is 4.37. The minimum atomic E-state index is -0.385. The van der Waals surface area contributed by atoms with Crippen LogP contribution in [0.5, 0.6) is 16.7 Å². The van der Waals surface area contributed by atoms with Gasteiger partial charge in [0.2, 0.25) is 4.96 Å². The first kappa shape index (κ1) is 25.6. The highest BCUT2D eigenvalue weighted by molar-refractivity contribution is 7.18. The van der Waals surface area contributed by atoms with Gasteiger partial charge in [0.15, 0.2) is 11.5 Å². The number of halogens is 1. The van der Waals surface area contributed by atoms with Crippen LogP contribution in [-0.4, -0.2) is 34.6 Å². The second-order valence-corrected chi connectivity index (χ2v) is 10.2. The first-order valence-corrected chi connectivity index (χ1v) is 13.2. The number of hydrogen-bond donors (Lipinski definition) is 0. The Hall–Kier alpha value is -4.70. The number of benzene rings is 3. The van der Waals surface area contributed by atoms with Crippen LogP contribution in [0.3, 0.4) is 0 Å². The number of methoxy groups -OCH3 is 2. The number of hydrogen-bond acceptors (Lipinski definition) is 8. The summed E-state index contributed by atoms with van der Waals surface area (Å²) in [5, 5.41) is 5.61. The molecule has 0 saturated heterocycles. The summed E-state index contributed by atoms with van der Waals surface area (Å²) in [5.41, 5.74) is 3.79. The zero-order valence-electron chi connectivity index (χ0n) is 21.9. The van der Waals surface area contributed by atoms with Gasteiger partial charge in [0, 0.05) is 24.1 Å². The summed E-state index contributed by atoms with van der Waals surface area (Å²) >= 11 is 1.33. The van der Waals surface area contributed by atoms with Crippen molar-refractivity contribution in [3.8, 4) is 28.1 Å². The van der Waals surface area contributed by atoms with Crippen LogP contribution in [0.2, 0.25) is 0 Å². The van der Waals surface area contributed by atoms with Crippen molar-refractivity contribution in [3.63, 3.8) is 0 Å². The molecule has 0 spiro atoms. The van der Waals surface area contributed by atoms with Gasteiger partial charge in [-0.05, 0) is 47.1 Å². The summed E-state index contributed by atoms with van der Waals surface area (Å²) < 4.78 is 38.6. The smallest absolute Gasteiger partial charge is 0.294 e. The van der Waals surface area contributed by atoms with Crippen molar-refractivity contribution in [2.45, 2.75) is 20.0 Å². The number of fused-ring (bicyclic) bond motifs is 2. The number of aromatic nitrogens is 3. The Bertz CT molecular complexity index is 1840. The maximum atomic E-state index is 13.9. The standard InChI is InChI=1S/C30H24FN3O5S/c1-17-7-8-20(11-23(17)31)25(35)10-18-5-4-6-19(9-18)16-38-26-12-21(36-2)13-27-22(26)14-28(39-27)24-15-34-29(32-24)40-30(33-34)37-3/h4-9,11-15H,10,16H2,1-3H3. The Kier molecular flexibility index (Phi) is 6.69. The number of ether oxygens (including phenoxy) is 3. The Morgan fingerprint density at radius 1 is 1.05 bits per heavy atom. The average molecular weight is 558 g/mol. The van der Waals surface area contributed by atoms with E-state index in [1.54, 1.807) is 56.1 Å². The van der Waals surface area contributed by atoms with Crippen molar-refractivity contribution < 1.29 is 27.8 Å². The lowest BCUT2D eigenvalue weighted by Gasteiger charge is -2.10. The van der Waals surface area contributed by atoms with Crippen LogP contribution in [-0.2, 0) is 13.0 Å². The van der Waals surface area contributed by atoms with Crippen LogP contribution in [0.25, 0.3) is 27.4 Å². The molecular formula is C30H24FN3O5S. The fourth-order valence-corrected chi connectivity index (χ4v) is 5.07. The van der Waals surface area contributed by atoms with Gasteiger partial charge in [0.25, 0.3) is 5.19 Å². The first-order chi connectivity index (χ1) is 19.4. The van der Waals surface area contributed by atoms with E-state index in [0.717, 1.165) is 16.5 Å². The van der Waals surface area contributed by atoms with Gasteiger partial charge in [0.05, 0.1) is 25.8 Å². The van der Waals surface area contributed by atoms with Crippen LogP contribution < -0.4 is 14.2 Å². The Morgan fingerprint density at radius 3 is 2.67 bits per heavy atom. The van der Waals surface area contributed by atoms with Crippen molar-refractivity contribution in [2.24, 2.45) is 0 Å². The largest absolute Gasteiger partial charge is 0.496 e. The fraction of sp³-hybridized carbons (Fsp3) is 0.167. The number of Topliss-reactive ketones (excluding diaryl/α,β-unsaturated/α-hetero) is 1. The number of carbonyl (C=O) groups is 1. The maximum Gasteiger partial charge on any atom is 0.294 e. The van der Waals surface area contributed by atoms with Crippen molar-refractivity contribution in [1.29, 1.82) is 0 Å². The molecule has 3 heterocycles. The van der Waals surface area contributed by atoms with Crippen LogP contribution in [0.1, 0.15) is 27.0 Å². The molecule has 10 heteroatoms. The number of imidazole rings is 1. The van der Waals surface area contributed by atoms with Gasteiger partial charge >= 0.3 is 0 Å². The number of carbonyl (C=O) groups excluding carboxylic acids is 1. The van der Waals surface area contributed by atoms with Gasteiger partial charge in [-0.3, -0.25) is 4.79 Å². The van der Waals surface area contributed by atoms with E-state index in [1.165, 1.54) is 17.4 Å². The van der Waals surface area contributed by atoms with Crippen LogP contribution in [0, 0.1) is 12.7 Å². The molecule has 6 aromatic rings. The van der Waals surface area contributed by atoms with Crippen LogP contribution >= 0.6 is 11.3 Å². The van der Waals surface area contributed by atoms with Gasteiger partial charge in [0.1, 0.15) is 35.2 Å². The zero-order chi connectivity index (χ0) is 27.8. The van der Waals surface area contributed by atoms with E-state index in [0.29, 0.717) is 49.8 Å². The molecule has 0 atom stereocenters. The molecule has 8 nitrogen and oxygen atoms in total. The third-order valence-corrected chi connectivity index (χ3v) is 7.39. The lowest BCUT2D eigenvalue weighted by atomic mass is 10.0. The van der Waals surface area contributed by atoms with Gasteiger partial charge in [-0.15, -0.1) is 5.10 Å². The maximum absolute atomic E-state index is 13.9. The summed E-state index contributed by atoms with van der Waals surface area (Å²) in [7, 11) is 3.15. The summed E-state index contributed by atoms with van der Waals surface area (Å²) in [5.74, 6) is 1.21. The quantitative estimate of drug-likeness (QED) is 0.183. The molecular weight excluding hydrogens is 533 g/mol. The Balaban J connectivity index is 1.22. The molecule has 0 unspecified atom stereocenters. The third kappa shape index (κ3) is 5.01. The van der Waals surface area contributed by atoms with Crippen molar-refractivity contribution in [3.05, 3.63) is 94.9 Å². The highest BCUT2D eigenvalue weighted by atomic mass is 32.1. The van der Waals surface area contributed by atoms with Gasteiger partial charge in [-0.1, -0.05) is 36.4 Å². The molecule has 3 aromatic heterocycles. The summed E-state index contributed by atoms with van der Waals surface area (Å²) in [4.78, 5) is 18.0. The average Bonchev–Trinajstić information content (AvgIpc) is 3.66. The molecule has 202 valence electrons. The van der Waals surface area contributed by atoms with Gasteiger partial charge in [-0.2, -0.15) is 0 Å². The van der Waals surface area contributed by atoms with Crippen molar-refractivity contribution >= 4 is 33.1 Å². The summed E-state index contributed by atoms with van der Waals surface area (Å²) in [6.45, 7) is 1.93. The highest BCUT2D eigenvalue weighted by Gasteiger charge is 2.17. The number of nitrogens with zero attached hydrogens (tertiary/aromatic N) is 3. The van der Waals surface area contributed by atoms with E-state index in [4.69, 9.17) is 18.6 Å². The SMILES string of the molecule is COc1cc(OCc2cccc(CC(=O)c3ccc(C)c(F)c3)c2)c2cc(-c3cn4nc(OC)sc4n3)oc2c1. The van der Waals surface area contributed by atoms with Gasteiger partial charge in [-0.25, -0.2) is 13.9 Å². The van der Waals surface area contributed by atoms with E-state index < -0.39 is 0 Å². The minimum Gasteiger partial charge on any atom is -0.496 e. The van der Waals surface area contributed by atoms with E-state index in [9.17, 15) is 9.18 Å². The highest BCUT2D eigenvalue weighted by Crippen LogP contribution is 2.37. The molecule has 0 N–H and O–H groups in total. The predicted octanol–water partition coefficient (Wildman–Crippen LogP) is 6.67. The van der Waals surface area contributed by atoms with Crippen LogP contribution in [0.4, 0.5) is 4.39 Å². The normalized spacial score (nSPS) is 11.3. The number of rotatable bonds is 9. The molecule has 0 aliphatic heterocycles. The van der Waals surface area contributed by atoms with Crippen LogP contribution in [0.15, 0.2) is 71.3 Å². The molecule has 3 aromatic carbocycles. The topological polar surface area (TPSA) is 88.1 Å². The molecule has 0 saturated carbocycles. The predicted molar refractivity (Wildman–Crippen MR) is 149 cm³/mol. The van der Waals surface area contributed by atoms with Crippen molar-refractivity contribution in [2.75, 3.05) is 14.2 Å². The molecule has 40 heavy (non-hydrogen) atoms. The molecule has 0 aliphatic rings. The molecule has 0 bridgehead atoms. The lowest BCUT2D eigenvalue weighted by molar-refractivity contribution is 0.0992. The second kappa shape index (κ2) is 10.5. The number of furan rings is 1. The van der Waals surface area contributed by atoms with E-state index in [-0.39, 0.29) is 24.6 Å². The van der Waals surface area contributed by atoms with Gasteiger partial charge < -0.3 is 18.6 Å². The minimum absolute atomic E-state index is 0.148. The monoisotopic (exact) mass is 557 g/mol. The molecule has 6 rings (SSSR count). The summed E-state index contributed by atoms with van der Waals surface area (Å²) in [6, 6.07) is 17.6. The second-order valence-electron chi connectivity index (χ2n) is 9.25. The van der Waals surface area contributed by atoms with E-state index in [1.807, 2.05) is 30.3 Å². The summed E-state index contributed by atoms with van der Waals surface area (Å²) in [6.07, 6.45) is 1.94. The lowest BCUT2D eigenvalue weighted by Crippen LogP contribution is -2.05. The first-order valence-electron chi connectivity index (χ1n) is 12.4. The number of aryl methyl sites for hydroxylation is 1. The number of ketones is 1. The van der Waals surface area contributed by atoms with E-state index >= 15 is 0 Å².